The van der Waals surface area contributed by atoms with E-state index >= 15 is 0 Å². The molecule has 0 saturated carbocycles. The first kappa shape index (κ1) is 12.3. The van der Waals surface area contributed by atoms with Crippen LogP contribution in [0.5, 0.6) is 0 Å². The number of nitrogens with zero attached hydrogens (tertiary/aromatic N) is 1. The minimum absolute atomic E-state index is 0.0912. The number of hydrogen-bond donors (Lipinski definition) is 2. The van der Waals surface area contributed by atoms with E-state index in [0.717, 1.165) is 0 Å². The molecule has 0 aromatic rings. The summed E-state index contributed by atoms with van der Waals surface area (Å²) in [4.78, 5) is 12.5. The number of halogens is 1. The molecule has 0 spiro atoms. The standard InChI is InChI=1S/C8H16ClN3O/c1-7(9)6-10-4-5-11-8(13)12(2)3/h10H,1,4-6H2,2-3H3,(H,11,13). The summed E-state index contributed by atoms with van der Waals surface area (Å²) in [7, 11) is 3.40. The van der Waals surface area contributed by atoms with E-state index in [0.29, 0.717) is 24.7 Å². The minimum Gasteiger partial charge on any atom is -0.337 e. The van der Waals surface area contributed by atoms with Gasteiger partial charge >= 0.3 is 6.03 Å². The second-order valence-corrected chi connectivity index (χ2v) is 3.35. The van der Waals surface area contributed by atoms with Crippen molar-refractivity contribution in [1.29, 1.82) is 0 Å². The molecule has 0 atom stereocenters. The van der Waals surface area contributed by atoms with Crippen LogP contribution in [0, 0.1) is 0 Å². The molecule has 2 amide bonds. The number of nitrogens with one attached hydrogen (secondary N) is 2. The lowest BCUT2D eigenvalue weighted by molar-refractivity contribution is 0.217. The maximum atomic E-state index is 11.0. The van der Waals surface area contributed by atoms with Crippen LogP contribution in [0.25, 0.3) is 0 Å². The van der Waals surface area contributed by atoms with Crippen LogP contribution in [-0.2, 0) is 0 Å². The Bertz CT molecular complexity index is 182. The van der Waals surface area contributed by atoms with Crippen LogP contribution >= 0.6 is 11.6 Å². The van der Waals surface area contributed by atoms with Crippen LogP contribution in [0.15, 0.2) is 11.6 Å². The highest BCUT2D eigenvalue weighted by molar-refractivity contribution is 6.29. The van der Waals surface area contributed by atoms with Crippen LogP contribution in [0.4, 0.5) is 4.79 Å². The van der Waals surface area contributed by atoms with Gasteiger partial charge in [-0.3, -0.25) is 0 Å². The van der Waals surface area contributed by atoms with Crippen LogP contribution < -0.4 is 10.6 Å². The Hall–Kier alpha value is -0.740. The molecule has 0 fully saturated rings. The Balaban J connectivity index is 3.26. The van der Waals surface area contributed by atoms with Gasteiger partial charge < -0.3 is 15.5 Å². The maximum absolute atomic E-state index is 11.0. The van der Waals surface area contributed by atoms with Crippen molar-refractivity contribution in [3.63, 3.8) is 0 Å². The largest absolute Gasteiger partial charge is 0.337 e. The third kappa shape index (κ3) is 7.62. The molecule has 13 heavy (non-hydrogen) atoms. The molecule has 0 aromatic carbocycles. The summed E-state index contributed by atoms with van der Waals surface area (Å²) >= 11 is 5.52. The van der Waals surface area contributed by atoms with Crippen molar-refractivity contribution in [3.8, 4) is 0 Å². The fraction of sp³-hybridized carbons (Fsp3) is 0.625. The first-order valence-electron chi connectivity index (χ1n) is 4.03. The molecular formula is C8H16ClN3O. The van der Waals surface area contributed by atoms with Gasteiger partial charge in [-0.15, -0.1) is 0 Å². The molecular weight excluding hydrogens is 190 g/mol. The van der Waals surface area contributed by atoms with Gasteiger partial charge in [-0.1, -0.05) is 18.2 Å². The number of urea groups is 1. The van der Waals surface area contributed by atoms with Crippen LogP contribution in [0.2, 0.25) is 0 Å². The molecule has 0 radical (unpaired) electrons. The third-order valence-electron chi connectivity index (χ3n) is 1.30. The van der Waals surface area contributed by atoms with E-state index in [4.69, 9.17) is 11.6 Å². The van der Waals surface area contributed by atoms with Crippen molar-refractivity contribution in [2.24, 2.45) is 0 Å². The van der Waals surface area contributed by atoms with E-state index in [2.05, 4.69) is 17.2 Å². The highest BCUT2D eigenvalue weighted by Crippen LogP contribution is 1.90. The molecule has 0 aliphatic carbocycles. The molecule has 0 aliphatic rings. The highest BCUT2D eigenvalue weighted by atomic mass is 35.5. The molecule has 0 aliphatic heterocycles. The Kier molecular flexibility index (Phi) is 6.36. The van der Waals surface area contributed by atoms with Crippen molar-refractivity contribution in [1.82, 2.24) is 15.5 Å². The SMILES string of the molecule is C=C(Cl)CNCCNC(=O)N(C)C. The number of carbonyl (C=O) groups is 1. The van der Waals surface area contributed by atoms with E-state index in [9.17, 15) is 4.79 Å². The average Bonchev–Trinajstić information content (AvgIpc) is 2.02. The Morgan fingerprint density at radius 3 is 2.54 bits per heavy atom. The molecule has 0 heterocycles. The van der Waals surface area contributed by atoms with Gasteiger partial charge in [0.15, 0.2) is 0 Å². The van der Waals surface area contributed by atoms with E-state index < -0.39 is 0 Å². The fourth-order valence-corrected chi connectivity index (χ4v) is 0.734. The summed E-state index contributed by atoms with van der Waals surface area (Å²) in [6, 6.07) is -0.0912. The maximum Gasteiger partial charge on any atom is 0.316 e. The molecule has 2 N–H and O–H groups in total. The summed E-state index contributed by atoms with van der Waals surface area (Å²) in [5, 5.41) is 6.29. The summed E-state index contributed by atoms with van der Waals surface area (Å²) < 4.78 is 0. The van der Waals surface area contributed by atoms with Crippen molar-refractivity contribution < 1.29 is 4.79 Å². The molecule has 4 nitrogen and oxygen atoms in total. The first-order chi connectivity index (χ1) is 6.04. The van der Waals surface area contributed by atoms with Gasteiger partial charge in [-0.2, -0.15) is 0 Å². The Labute approximate surface area is 83.9 Å². The van der Waals surface area contributed by atoms with Gasteiger partial charge in [0.2, 0.25) is 0 Å². The van der Waals surface area contributed by atoms with Crippen LogP contribution in [0.1, 0.15) is 0 Å². The first-order valence-corrected chi connectivity index (χ1v) is 4.41. The smallest absolute Gasteiger partial charge is 0.316 e. The monoisotopic (exact) mass is 205 g/mol. The summed E-state index contributed by atoms with van der Waals surface area (Å²) in [5.74, 6) is 0. The van der Waals surface area contributed by atoms with Gasteiger partial charge in [-0.25, -0.2) is 4.79 Å². The predicted molar refractivity (Wildman–Crippen MR) is 54.9 cm³/mol. The molecule has 0 aromatic heterocycles. The van der Waals surface area contributed by atoms with Crippen molar-refractivity contribution in [3.05, 3.63) is 11.6 Å². The van der Waals surface area contributed by atoms with Gasteiger partial charge in [0, 0.05) is 38.8 Å². The lowest BCUT2D eigenvalue weighted by Gasteiger charge is -2.11. The third-order valence-corrected chi connectivity index (χ3v) is 1.43. The number of carbonyl (C=O) groups excluding carboxylic acids is 1. The summed E-state index contributed by atoms with van der Waals surface area (Å²) in [5.41, 5.74) is 0. The topological polar surface area (TPSA) is 44.4 Å². The lowest BCUT2D eigenvalue weighted by atomic mass is 10.5. The average molecular weight is 206 g/mol. The van der Waals surface area contributed by atoms with Crippen molar-refractivity contribution in [2.75, 3.05) is 33.7 Å². The van der Waals surface area contributed by atoms with E-state index in [1.165, 1.54) is 4.90 Å². The van der Waals surface area contributed by atoms with E-state index in [1.807, 2.05) is 0 Å². The molecule has 0 saturated heterocycles. The highest BCUT2D eigenvalue weighted by Gasteiger charge is 1.99. The zero-order valence-corrected chi connectivity index (χ0v) is 8.82. The van der Waals surface area contributed by atoms with E-state index in [-0.39, 0.29) is 6.03 Å². The summed E-state index contributed by atoms with van der Waals surface area (Å²) in [6.07, 6.45) is 0. The number of amides is 2. The molecule has 5 heteroatoms. The zero-order chi connectivity index (χ0) is 10.3. The molecule has 0 rings (SSSR count). The quantitative estimate of drug-likeness (QED) is 0.646. The lowest BCUT2D eigenvalue weighted by Crippen LogP contribution is -2.38. The second-order valence-electron chi connectivity index (χ2n) is 2.82. The summed E-state index contributed by atoms with van der Waals surface area (Å²) in [6.45, 7) is 5.36. The molecule has 76 valence electrons. The van der Waals surface area contributed by atoms with Crippen LogP contribution in [-0.4, -0.2) is 44.7 Å². The number of rotatable bonds is 5. The van der Waals surface area contributed by atoms with Crippen molar-refractivity contribution >= 4 is 17.6 Å². The Morgan fingerprint density at radius 1 is 1.46 bits per heavy atom. The minimum atomic E-state index is -0.0912. The second kappa shape index (κ2) is 6.74. The van der Waals surface area contributed by atoms with Gasteiger partial charge in [-0.05, 0) is 0 Å². The van der Waals surface area contributed by atoms with Gasteiger partial charge in [0.25, 0.3) is 0 Å². The van der Waals surface area contributed by atoms with Crippen LogP contribution in [0.3, 0.4) is 0 Å². The zero-order valence-electron chi connectivity index (χ0n) is 8.06. The molecule has 0 bridgehead atoms. The Morgan fingerprint density at radius 2 is 2.08 bits per heavy atom. The molecule has 0 unspecified atom stereocenters. The number of hydrogen-bond acceptors (Lipinski definition) is 2. The van der Waals surface area contributed by atoms with Gasteiger partial charge in [0.1, 0.15) is 0 Å². The fourth-order valence-electron chi connectivity index (χ4n) is 0.640. The normalized spacial score (nSPS) is 9.46. The van der Waals surface area contributed by atoms with E-state index in [1.54, 1.807) is 14.1 Å². The van der Waals surface area contributed by atoms with Gasteiger partial charge in [0.05, 0.1) is 0 Å². The predicted octanol–water partition coefficient (Wildman–Crippen LogP) is 0.600. The van der Waals surface area contributed by atoms with Crippen molar-refractivity contribution in [2.45, 2.75) is 0 Å².